The number of rotatable bonds is 10. The average Bonchev–Trinajstić information content (AvgIpc) is 3.07. The van der Waals surface area contributed by atoms with Crippen molar-refractivity contribution in [1.29, 1.82) is 0 Å². The van der Waals surface area contributed by atoms with E-state index in [4.69, 9.17) is 9.47 Å². The smallest absolute Gasteiger partial charge is 0.295 e. The van der Waals surface area contributed by atoms with Gasteiger partial charge in [-0.05, 0) is 68.5 Å². The molecule has 7 nitrogen and oxygen atoms in total. The van der Waals surface area contributed by atoms with Crippen molar-refractivity contribution in [2.45, 2.75) is 59.1 Å². The van der Waals surface area contributed by atoms with Crippen molar-refractivity contribution in [2.75, 3.05) is 19.8 Å². The molecule has 1 aromatic carbocycles. The first-order valence-corrected chi connectivity index (χ1v) is 11.8. The summed E-state index contributed by atoms with van der Waals surface area (Å²) in [6, 6.07) is 8.19. The summed E-state index contributed by atoms with van der Waals surface area (Å²) in [6.07, 6.45) is 3.91. The van der Waals surface area contributed by atoms with Gasteiger partial charge in [-0.2, -0.15) is 0 Å². The van der Waals surface area contributed by atoms with Crippen LogP contribution in [0.3, 0.4) is 0 Å². The zero-order valence-corrected chi connectivity index (χ0v) is 20.6. The predicted octanol–water partition coefficient (Wildman–Crippen LogP) is 4.84. The first kappa shape index (κ1) is 25.4. The maximum atomic E-state index is 13.2. The van der Waals surface area contributed by atoms with Gasteiger partial charge in [0.05, 0.1) is 24.3 Å². The number of hydrogen-bond acceptors (Lipinski definition) is 6. The molecular formula is C27H34N2O5. The summed E-state index contributed by atoms with van der Waals surface area (Å²) in [7, 11) is 0. The van der Waals surface area contributed by atoms with Crippen LogP contribution < -0.4 is 4.74 Å². The van der Waals surface area contributed by atoms with Gasteiger partial charge in [0.25, 0.3) is 11.7 Å². The fourth-order valence-electron chi connectivity index (χ4n) is 4.14. The molecule has 0 radical (unpaired) electrons. The zero-order chi connectivity index (χ0) is 24.8. The minimum absolute atomic E-state index is 0.0710. The maximum absolute atomic E-state index is 13.2. The van der Waals surface area contributed by atoms with E-state index in [0.29, 0.717) is 37.3 Å². The fourth-order valence-corrected chi connectivity index (χ4v) is 4.14. The SMILES string of the molecule is CCOc1ccc(/C(O)=C2/C(=O)C(=O)N(CCCOC(C)C)C2c2cccnc2)cc1C(C)C. The number of benzene rings is 1. The quantitative estimate of drug-likeness (QED) is 0.233. The van der Waals surface area contributed by atoms with Gasteiger partial charge in [0.15, 0.2) is 0 Å². The van der Waals surface area contributed by atoms with E-state index >= 15 is 0 Å². The van der Waals surface area contributed by atoms with Gasteiger partial charge in [0.1, 0.15) is 11.5 Å². The number of amides is 1. The molecule has 7 heteroatoms. The lowest BCUT2D eigenvalue weighted by Gasteiger charge is -2.25. The number of likely N-dealkylation sites (tertiary alicyclic amines) is 1. The lowest BCUT2D eigenvalue weighted by atomic mass is 9.93. The van der Waals surface area contributed by atoms with E-state index in [1.54, 1.807) is 30.6 Å². The number of nitrogens with zero attached hydrogens (tertiary/aromatic N) is 2. The standard InChI is InChI=1S/C27H34N2O5/c1-6-33-22-11-10-19(15-21(22)17(2)3)25(30)23-24(20-9-7-12-28-16-20)29(27(32)26(23)31)13-8-14-34-18(4)5/h7,9-12,15-18,24,30H,6,8,13-14H2,1-5H3/b25-23-. The number of aliphatic hydroxyl groups is 1. The van der Waals surface area contributed by atoms with Gasteiger partial charge in [0.2, 0.25) is 0 Å². The van der Waals surface area contributed by atoms with Crippen LogP contribution >= 0.6 is 0 Å². The van der Waals surface area contributed by atoms with Gasteiger partial charge in [-0.15, -0.1) is 0 Å². The summed E-state index contributed by atoms with van der Waals surface area (Å²) < 4.78 is 11.3. The normalized spacial score (nSPS) is 17.7. The zero-order valence-electron chi connectivity index (χ0n) is 20.6. The van der Waals surface area contributed by atoms with Crippen molar-refractivity contribution in [2.24, 2.45) is 0 Å². The van der Waals surface area contributed by atoms with Crippen molar-refractivity contribution >= 4 is 17.4 Å². The highest BCUT2D eigenvalue weighted by molar-refractivity contribution is 6.46. The van der Waals surface area contributed by atoms with Gasteiger partial charge in [-0.1, -0.05) is 19.9 Å². The summed E-state index contributed by atoms with van der Waals surface area (Å²) in [5, 5.41) is 11.3. The molecule has 1 fully saturated rings. The summed E-state index contributed by atoms with van der Waals surface area (Å²) in [6.45, 7) is 11.2. The Balaban J connectivity index is 2.06. The molecule has 1 amide bonds. The topological polar surface area (TPSA) is 89.0 Å². The molecule has 1 N–H and O–H groups in total. The van der Waals surface area contributed by atoms with E-state index in [9.17, 15) is 14.7 Å². The molecule has 34 heavy (non-hydrogen) atoms. The first-order chi connectivity index (χ1) is 16.3. The average molecular weight is 467 g/mol. The minimum atomic E-state index is -0.721. The van der Waals surface area contributed by atoms with Crippen molar-refractivity contribution in [3.8, 4) is 5.75 Å². The lowest BCUT2D eigenvalue weighted by molar-refractivity contribution is -0.140. The number of hydrogen-bond donors (Lipinski definition) is 1. The Hall–Kier alpha value is -3.19. The molecule has 1 aliphatic rings. The minimum Gasteiger partial charge on any atom is -0.507 e. The van der Waals surface area contributed by atoms with E-state index in [-0.39, 0.29) is 23.4 Å². The first-order valence-electron chi connectivity index (χ1n) is 11.8. The van der Waals surface area contributed by atoms with Crippen LogP contribution in [0, 0.1) is 0 Å². The number of pyridine rings is 1. The highest BCUT2D eigenvalue weighted by atomic mass is 16.5. The van der Waals surface area contributed by atoms with Gasteiger partial charge in [-0.3, -0.25) is 14.6 Å². The monoisotopic (exact) mass is 466 g/mol. The Bertz CT molecular complexity index is 1050. The van der Waals surface area contributed by atoms with Crippen LogP contribution in [0.5, 0.6) is 5.75 Å². The molecular weight excluding hydrogens is 432 g/mol. The Morgan fingerprint density at radius 1 is 1.18 bits per heavy atom. The molecule has 1 aromatic heterocycles. The second-order valence-electron chi connectivity index (χ2n) is 8.89. The highest BCUT2D eigenvalue weighted by Gasteiger charge is 2.46. The third kappa shape index (κ3) is 5.47. The van der Waals surface area contributed by atoms with E-state index < -0.39 is 17.7 Å². The number of carbonyl (C=O) groups is 2. The molecule has 0 saturated carbocycles. The molecule has 1 atom stereocenters. The van der Waals surface area contributed by atoms with Crippen LogP contribution in [0.25, 0.3) is 5.76 Å². The summed E-state index contributed by atoms with van der Waals surface area (Å²) in [5.41, 5.74) is 2.13. The molecule has 1 saturated heterocycles. The number of carbonyl (C=O) groups excluding carboxylic acids is 2. The van der Waals surface area contributed by atoms with Crippen LogP contribution in [-0.4, -0.2) is 52.5 Å². The fraction of sp³-hybridized carbons (Fsp3) is 0.444. The van der Waals surface area contributed by atoms with Crippen molar-refractivity contribution in [3.63, 3.8) is 0 Å². The Morgan fingerprint density at radius 2 is 1.94 bits per heavy atom. The van der Waals surface area contributed by atoms with Crippen molar-refractivity contribution in [3.05, 3.63) is 65.0 Å². The molecule has 182 valence electrons. The van der Waals surface area contributed by atoms with Crippen LogP contribution in [0.4, 0.5) is 0 Å². The lowest BCUT2D eigenvalue weighted by Crippen LogP contribution is -2.31. The molecule has 2 aromatic rings. The summed E-state index contributed by atoms with van der Waals surface area (Å²) in [4.78, 5) is 31.9. The third-order valence-electron chi connectivity index (χ3n) is 5.74. The molecule has 1 unspecified atom stereocenters. The van der Waals surface area contributed by atoms with Gasteiger partial charge in [-0.25, -0.2) is 0 Å². The second kappa shape index (κ2) is 11.3. The largest absolute Gasteiger partial charge is 0.507 e. The number of aromatic nitrogens is 1. The number of aliphatic hydroxyl groups excluding tert-OH is 1. The molecule has 1 aliphatic heterocycles. The van der Waals surface area contributed by atoms with Gasteiger partial charge in [0, 0.05) is 31.1 Å². The van der Waals surface area contributed by atoms with E-state index in [1.807, 2.05) is 46.8 Å². The van der Waals surface area contributed by atoms with E-state index in [1.165, 1.54) is 4.90 Å². The van der Waals surface area contributed by atoms with Crippen LogP contribution in [0.1, 0.15) is 69.7 Å². The van der Waals surface area contributed by atoms with Gasteiger partial charge >= 0.3 is 0 Å². The molecule has 0 bridgehead atoms. The molecule has 0 aliphatic carbocycles. The Kier molecular flexibility index (Phi) is 8.45. The number of Topliss-reactive ketones (excluding diaryl/α,β-unsaturated/α-hetero) is 1. The van der Waals surface area contributed by atoms with E-state index in [0.717, 1.165) is 11.3 Å². The summed E-state index contributed by atoms with van der Waals surface area (Å²) in [5.74, 6) is -0.639. The Labute approximate surface area is 201 Å². The summed E-state index contributed by atoms with van der Waals surface area (Å²) >= 11 is 0. The molecule has 3 rings (SSSR count). The maximum Gasteiger partial charge on any atom is 0.295 e. The molecule has 0 spiro atoms. The van der Waals surface area contributed by atoms with Crippen LogP contribution in [-0.2, 0) is 14.3 Å². The van der Waals surface area contributed by atoms with Gasteiger partial charge < -0.3 is 19.5 Å². The van der Waals surface area contributed by atoms with Crippen molar-refractivity contribution in [1.82, 2.24) is 9.88 Å². The van der Waals surface area contributed by atoms with Crippen LogP contribution in [0.2, 0.25) is 0 Å². The molecule has 2 heterocycles. The van der Waals surface area contributed by atoms with Crippen LogP contribution in [0.15, 0.2) is 48.3 Å². The van der Waals surface area contributed by atoms with Crippen molar-refractivity contribution < 1.29 is 24.2 Å². The predicted molar refractivity (Wildman–Crippen MR) is 131 cm³/mol. The Morgan fingerprint density at radius 3 is 2.56 bits per heavy atom. The number of ether oxygens (including phenoxy) is 2. The number of ketones is 1. The third-order valence-corrected chi connectivity index (χ3v) is 5.74. The second-order valence-corrected chi connectivity index (χ2v) is 8.89. The van der Waals surface area contributed by atoms with E-state index in [2.05, 4.69) is 4.98 Å². The highest BCUT2D eigenvalue weighted by Crippen LogP contribution is 2.40.